The van der Waals surface area contributed by atoms with E-state index in [-0.39, 0.29) is 24.0 Å². The van der Waals surface area contributed by atoms with E-state index in [1.807, 2.05) is 24.6 Å². The summed E-state index contributed by atoms with van der Waals surface area (Å²) in [5, 5.41) is 11.2. The molecular weight excluding hydrogens is 429 g/mol. The molecule has 9 heteroatoms. The van der Waals surface area contributed by atoms with Crippen LogP contribution in [0.1, 0.15) is 25.0 Å². The minimum atomic E-state index is -0.620. The molecule has 0 bridgehead atoms. The lowest BCUT2D eigenvalue weighted by Gasteiger charge is -2.17. The van der Waals surface area contributed by atoms with Gasteiger partial charge < -0.3 is 24.0 Å². The largest absolute Gasteiger partial charge is 0.425 e. The zero-order chi connectivity index (χ0) is 23.2. The Balaban J connectivity index is 1.51. The maximum absolute atomic E-state index is 13.3. The van der Waals surface area contributed by atoms with Crippen molar-refractivity contribution >= 4 is 21.8 Å². The quantitative estimate of drug-likeness (QED) is 0.450. The molecule has 8 nitrogen and oxygen atoms in total. The summed E-state index contributed by atoms with van der Waals surface area (Å²) in [5.41, 5.74) is 2.18. The first-order chi connectivity index (χ1) is 15.8. The number of rotatable bonds is 6. The summed E-state index contributed by atoms with van der Waals surface area (Å²) >= 11 is 0. The summed E-state index contributed by atoms with van der Waals surface area (Å²) in [6, 6.07) is 7.97. The maximum Gasteiger partial charge on any atom is 0.309 e. The van der Waals surface area contributed by atoms with E-state index in [1.165, 1.54) is 18.3 Å². The van der Waals surface area contributed by atoms with Crippen molar-refractivity contribution in [3.8, 4) is 0 Å². The molecule has 1 atom stereocenters. The maximum atomic E-state index is 13.3. The van der Waals surface area contributed by atoms with Crippen molar-refractivity contribution in [1.82, 2.24) is 14.3 Å². The lowest BCUT2D eigenvalue weighted by atomic mass is 10.1. The number of pyridine rings is 2. The van der Waals surface area contributed by atoms with E-state index >= 15 is 0 Å². The average Bonchev–Trinajstić information content (AvgIpc) is 3.31. The molecule has 4 aromatic rings. The number of hydrogen-bond acceptors (Lipinski definition) is 6. The zero-order valence-corrected chi connectivity index (χ0v) is 18.3. The number of fused-ring (bicyclic) bond motifs is 3. The summed E-state index contributed by atoms with van der Waals surface area (Å²) in [7, 11) is 0. The highest BCUT2D eigenvalue weighted by Gasteiger charge is 2.32. The molecular formula is C24H24FN3O5. The molecule has 0 aliphatic carbocycles. The number of aromatic nitrogens is 3. The van der Waals surface area contributed by atoms with Crippen molar-refractivity contribution in [2.75, 3.05) is 13.2 Å². The third-order valence-electron chi connectivity index (χ3n) is 5.73. The van der Waals surface area contributed by atoms with Crippen LogP contribution in [0.2, 0.25) is 0 Å². The van der Waals surface area contributed by atoms with Crippen molar-refractivity contribution in [1.29, 1.82) is 0 Å². The highest BCUT2D eigenvalue weighted by molar-refractivity contribution is 6.06. The average molecular weight is 453 g/mol. The summed E-state index contributed by atoms with van der Waals surface area (Å²) in [5.74, 6) is -0.912. The Kier molecular flexibility index (Phi) is 5.40. The van der Waals surface area contributed by atoms with Gasteiger partial charge in [-0.2, -0.15) is 4.73 Å². The van der Waals surface area contributed by atoms with Gasteiger partial charge in [0.05, 0.1) is 31.5 Å². The number of halogens is 1. The molecule has 3 aromatic heterocycles. The van der Waals surface area contributed by atoms with Crippen LogP contribution in [0.3, 0.4) is 0 Å². The zero-order valence-electron chi connectivity index (χ0n) is 18.3. The molecule has 5 rings (SSSR count). The third kappa shape index (κ3) is 4.22. The lowest BCUT2D eigenvalue weighted by Crippen LogP contribution is -2.24. The van der Waals surface area contributed by atoms with E-state index in [1.54, 1.807) is 24.4 Å². The lowest BCUT2D eigenvalue weighted by molar-refractivity contribution is -0.145. The highest BCUT2D eigenvalue weighted by atomic mass is 19.1. The van der Waals surface area contributed by atoms with Crippen LogP contribution in [-0.4, -0.2) is 44.6 Å². The number of hydrogen-bond donors (Lipinski definition) is 1. The fraction of sp³-hybridized carbons (Fsp3) is 0.333. The topological polar surface area (TPSA) is 87.7 Å². The van der Waals surface area contributed by atoms with Gasteiger partial charge in [0, 0.05) is 35.3 Å². The molecule has 0 unspecified atom stereocenters. The van der Waals surface area contributed by atoms with E-state index in [4.69, 9.17) is 14.2 Å². The van der Waals surface area contributed by atoms with Gasteiger partial charge in [0.25, 0.3) is 0 Å². The number of nitrogens with zero attached hydrogens (tertiary/aromatic N) is 3. The molecule has 0 saturated carbocycles. The van der Waals surface area contributed by atoms with Gasteiger partial charge in [-0.25, -0.2) is 9.37 Å². The molecule has 1 saturated heterocycles. The number of benzene rings is 1. The fourth-order valence-electron chi connectivity index (χ4n) is 4.22. The molecule has 1 N–H and O–H groups in total. The van der Waals surface area contributed by atoms with Crippen LogP contribution in [0.4, 0.5) is 4.39 Å². The first-order valence-corrected chi connectivity index (χ1v) is 10.7. The van der Waals surface area contributed by atoms with Crippen molar-refractivity contribution in [2.24, 2.45) is 0 Å². The Morgan fingerprint density at radius 2 is 2.06 bits per heavy atom. The van der Waals surface area contributed by atoms with Crippen LogP contribution in [-0.2, 0) is 27.4 Å². The number of ether oxygens (including phenoxy) is 3. The Morgan fingerprint density at radius 3 is 2.79 bits per heavy atom. The molecule has 0 spiro atoms. The second-order valence-electron chi connectivity index (χ2n) is 8.62. The summed E-state index contributed by atoms with van der Waals surface area (Å²) in [4.78, 5) is 16.7. The van der Waals surface area contributed by atoms with Gasteiger partial charge in [-0.1, -0.05) is 12.1 Å². The van der Waals surface area contributed by atoms with Crippen molar-refractivity contribution in [3.05, 3.63) is 76.2 Å². The minimum Gasteiger partial charge on any atom is -0.425 e. The Morgan fingerprint density at radius 1 is 1.27 bits per heavy atom. The van der Waals surface area contributed by atoms with Gasteiger partial charge in [-0.05, 0) is 37.6 Å². The first kappa shape index (κ1) is 21.6. The summed E-state index contributed by atoms with van der Waals surface area (Å²) < 4.78 is 33.2. The van der Waals surface area contributed by atoms with Crippen molar-refractivity contribution in [3.63, 3.8) is 0 Å². The van der Waals surface area contributed by atoms with Crippen molar-refractivity contribution < 1.29 is 23.8 Å². The predicted octanol–water partition coefficient (Wildman–Crippen LogP) is 3.44. The monoisotopic (exact) mass is 453 g/mol. The second-order valence-corrected chi connectivity index (χ2v) is 8.62. The Labute approximate surface area is 188 Å². The second kappa shape index (κ2) is 8.26. The Bertz CT molecular complexity index is 1380. The molecule has 172 valence electrons. The van der Waals surface area contributed by atoms with Crippen LogP contribution < -0.4 is 5.56 Å². The SMILES string of the molecule is CC1(C)OC[C@@H](COCc2cn(Cc3ccc(F)cc3)c3cnc4c(=O)n(O)ccc4c23)O1. The Hall–Kier alpha value is -3.27. The molecule has 1 aliphatic rings. The van der Waals surface area contributed by atoms with Crippen LogP contribution in [0.5, 0.6) is 0 Å². The van der Waals surface area contributed by atoms with E-state index in [2.05, 4.69) is 4.98 Å². The van der Waals surface area contributed by atoms with Gasteiger partial charge in [-0.3, -0.25) is 4.79 Å². The van der Waals surface area contributed by atoms with E-state index in [0.29, 0.717) is 29.9 Å². The standard InChI is InChI=1S/C24H24FN3O5/c1-24(2)32-14-18(33-24)13-31-12-16-11-27(10-15-3-5-17(25)6-4-15)20-9-26-22-19(21(16)20)7-8-28(30)23(22)29/h3-9,11,18,30H,10,12-14H2,1-2H3/t18-/m1/s1. The van der Waals surface area contributed by atoms with E-state index in [0.717, 1.165) is 22.0 Å². The van der Waals surface area contributed by atoms with Gasteiger partial charge in [0.1, 0.15) is 17.4 Å². The molecule has 4 heterocycles. The van der Waals surface area contributed by atoms with Crippen LogP contribution in [0, 0.1) is 5.82 Å². The molecule has 1 aliphatic heterocycles. The van der Waals surface area contributed by atoms with Gasteiger partial charge in [0.15, 0.2) is 5.79 Å². The highest BCUT2D eigenvalue weighted by Crippen LogP contribution is 2.29. The first-order valence-electron chi connectivity index (χ1n) is 10.7. The smallest absolute Gasteiger partial charge is 0.309 e. The summed E-state index contributed by atoms with van der Waals surface area (Å²) in [6.45, 7) is 5.33. The molecule has 0 radical (unpaired) electrons. The fourth-order valence-corrected chi connectivity index (χ4v) is 4.22. The van der Waals surface area contributed by atoms with Crippen LogP contribution in [0.15, 0.2) is 53.7 Å². The third-order valence-corrected chi connectivity index (χ3v) is 5.73. The summed E-state index contributed by atoms with van der Waals surface area (Å²) in [6.07, 6.45) is 4.71. The van der Waals surface area contributed by atoms with E-state index in [9.17, 15) is 14.4 Å². The van der Waals surface area contributed by atoms with Crippen LogP contribution in [0.25, 0.3) is 21.8 Å². The van der Waals surface area contributed by atoms with Gasteiger partial charge in [-0.15, -0.1) is 0 Å². The minimum absolute atomic E-state index is 0.160. The van der Waals surface area contributed by atoms with Crippen molar-refractivity contribution in [2.45, 2.75) is 38.9 Å². The normalized spacial score (nSPS) is 17.8. The van der Waals surface area contributed by atoms with E-state index < -0.39 is 11.3 Å². The molecule has 1 fully saturated rings. The van der Waals surface area contributed by atoms with Gasteiger partial charge in [0.2, 0.25) is 0 Å². The molecule has 1 aromatic carbocycles. The molecule has 0 amide bonds. The van der Waals surface area contributed by atoms with Gasteiger partial charge >= 0.3 is 5.56 Å². The van der Waals surface area contributed by atoms with Crippen LogP contribution >= 0.6 is 0 Å². The predicted molar refractivity (Wildman–Crippen MR) is 119 cm³/mol. The molecule has 33 heavy (non-hydrogen) atoms.